The lowest BCUT2D eigenvalue weighted by Gasteiger charge is -2.55. The number of hydrogen-bond acceptors (Lipinski definition) is 11. The van der Waals surface area contributed by atoms with Crippen LogP contribution in [0.15, 0.2) is 12.2 Å². The highest BCUT2D eigenvalue weighted by Crippen LogP contribution is 2.54. The van der Waals surface area contributed by atoms with Gasteiger partial charge in [-0.05, 0) is 102 Å². The third kappa shape index (κ3) is 9.52. The number of carbonyl (C=O) groups excluding carboxylic acids is 3. The molecular formula is C47H76N2O12. The molecule has 0 radical (unpaired) electrons. The predicted molar refractivity (Wildman–Crippen MR) is 226 cm³/mol. The number of nitrogens with one attached hydrogen (secondary N) is 2. The van der Waals surface area contributed by atoms with Gasteiger partial charge in [0, 0.05) is 36.1 Å². The molecule has 4 saturated heterocycles. The summed E-state index contributed by atoms with van der Waals surface area (Å²) >= 11 is 0. The van der Waals surface area contributed by atoms with Crippen LogP contribution in [0.3, 0.4) is 0 Å². The number of aliphatic hydroxyl groups is 2. The van der Waals surface area contributed by atoms with Gasteiger partial charge in [-0.15, -0.1) is 0 Å². The van der Waals surface area contributed by atoms with Crippen LogP contribution in [0.5, 0.6) is 0 Å². The Hall–Kier alpha value is -2.46. The van der Waals surface area contributed by atoms with E-state index in [1.807, 2.05) is 60.6 Å². The Morgan fingerprint density at radius 1 is 0.820 bits per heavy atom. The van der Waals surface area contributed by atoms with E-state index in [2.05, 4.69) is 24.5 Å². The van der Waals surface area contributed by atoms with Crippen molar-refractivity contribution in [1.29, 1.82) is 0 Å². The summed E-state index contributed by atoms with van der Waals surface area (Å²) in [6.45, 7) is 19.4. The zero-order valence-corrected chi connectivity index (χ0v) is 38.3. The van der Waals surface area contributed by atoms with Crippen LogP contribution in [-0.2, 0) is 42.9 Å². The van der Waals surface area contributed by atoms with Crippen molar-refractivity contribution < 1.29 is 58.2 Å². The van der Waals surface area contributed by atoms with Gasteiger partial charge >= 0.3 is 17.8 Å². The Balaban J connectivity index is 1.23. The molecule has 0 aromatic rings. The molecule has 0 aromatic carbocycles. The summed E-state index contributed by atoms with van der Waals surface area (Å²) in [5.74, 6) is -7.91. The second kappa shape index (κ2) is 18.6. The molecule has 6 aliphatic rings. The zero-order valence-electron chi connectivity index (χ0n) is 38.3. The number of ether oxygens (including phenoxy) is 5. The Morgan fingerprint density at radius 3 is 2.10 bits per heavy atom. The summed E-state index contributed by atoms with van der Waals surface area (Å²) in [4.78, 5) is 53.0. The fraction of sp³-hybridized carbons (Fsp3) is 0.872. The average molecular weight is 861 g/mol. The zero-order chi connectivity index (χ0) is 44.8. The van der Waals surface area contributed by atoms with Crippen molar-refractivity contribution in [2.75, 3.05) is 0 Å². The van der Waals surface area contributed by atoms with Crippen molar-refractivity contribution in [2.24, 2.45) is 41.4 Å². The smallest absolute Gasteiger partial charge is 0.309 e. The molecule has 5 N–H and O–H groups in total. The Bertz CT molecular complexity index is 1640. The van der Waals surface area contributed by atoms with E-state index < -0.39 is 101 Å². The van der Waals surface area contributed by atoms with Crippen LogP contribution in [0.2, 0.25) is 0 Å². The first-order valence-electron chi connectivity index (χ1n) is 23.5. The molecule has 1 aliphatic carbocycles. The summed E-state index contributed by atoms with van der Waals surface area (Å²) in [6.07, 6.45) is 7.48. The summed E-state index contributed by atoms with van der Waals surface area (Å²) < 4.78 is 34.3. The Labute approximate surface area is 362 Å². The van der Waals surface area contributed by atoms with Gasteiger partial charge in [-0.25, -0.2) is 0 Å². The van der Waals surface area contributed by atoms with Crippen molar-refractivity contribution in [3.05, 3.63) is 12.2 Å². The van der Waals surface area contributed by atoms with Crippen LogP contribution in [-0.4, -0.2) is 110 Å². The molecule has 5 heterocycles. The van der Waals surface area contributed by atoms with Crippen molar-refractivity contribution >= 4 is 23.6 Å². The molecule has 14 nitrogen and oxygen atoms in total. The van der Waals surface area contributed by atoms with Gasteiger partial charge in [0.2, 0.25) is 0 Å². The van der Waals surface area contributed by atoms with Gasteiger partial charge in [0.15, 0.2) is 11.6 Å². The van der Waals surface area contributed by atoms with Crippen molar-refractivity contribution in [3.8, 4) is 0 Å². The highest BCUT2D eigenvalue weighted by atomic mass is 16.8. The lowest BCUT2D eigenvalue weighted by molar-refractivity contribution is -0.398. The van der Waals surface area contributed by atoms with Crippen molar-refractivity contribution in [3.63, 3.8) is 0 Å². The maximum Gasteiger partial charge on any atom is 0.309 e. The highest BCUT2D eigenvalue weighted by molar-refractivity contribution is 6.35. The highest BCUT2D eigenvalue weighted by Gasteiger charge is 2.63. The molecule has 5 aliphatic heterocycles. The number of rotatable bonds is 14. The molecule has 14 heteroatoms. The van der Waals surface area contributed by atoms with E-state index in [1.54, 1.807) is 6.92 Å². The maximum atomic E-state index is 14.7. The number of amides is 2. The number of carboxylic acids is 1. The monoisotopic (exact) mass is 861 g/mol. The van der Waals surface area contributed by atoms with Gasteiger partial charge in [0.25, 0.3) is 0 Å². The number of aliphatic carboxylic acids is 1. The minimum atomic E-state index is -1.46. The molecule has 346 valence electrons. The third-order valence-electron chi connectivity index (χ3n) is 15.9. The fourth-order valence-electron chi connectivity index (χ4n) is 11.4. The number of hydrogen-bond donors (Lipinski definition) is 5. The van der Waals surface area contributed by atoms with Crippen LogP contribution in [0.25, 0.3) is 0 Å². The number of aliphatic hydroxyl groups excluding tert-OH is 1. The second-order valence-corrected chi connectivity index (χ2v) is 20.2. The maximum absolute atomic E-state index is 14.7. The second-order valence-electron chi connectivity index (χ2n) is 20.2. The molecule has 61 heavy (non-hydrogen) atoms. The molecule has 6 rings (SSSR count). The summed E-state index contributed by atoms with van der Waals surface area (Å²) in [5.41, 5.74) is -1.81. The summed E-state index contributed by atoms with van der Waals surface area (Å²) in [6, 6.07) is -0.857. The van der Waals surface area contributed by atoms with Crippen LogP contribution >= 0.6 is 0 Å². The van der Waals surface area contributed by atoms with E-state index in [0.29, 0.717) is 57.8 Å². The summed E-state index contributed by atoms with van der Waals surface area (Å²) in [7, 11) is 0. The van der Waals surface area contributed by atoms with Gasteiger partial charge in [-0.2, -0.15) is 0 Å². The van der Waals surface area contributed by atoms with Gasteiger partial charge in [0.05, 0.1) is 53.7 Å². The lowest BCUT2D eigenvalue weighted by atomic mass is 9.72. The fourth-order valence-corrected chi connectivity index (χ4v) is 11.4. The molecular weight excluding hydrogens is 785 g/mol. The van der Waals surface area contributed by atoms with Gasteiger partial charge in [0.1, 0.15) is 11.8 Å². The minimum Gasteiger partial charge on any atom is -0.481 e. The normalized spacial score (nSPS) is 42.7. The number of carbonyl (C=O) groups is 4. The number of ketones is 1. The molecule has 0 aromatic heterocycles. The van der Waals surface area contributed by atoms with Crippen LogP contribution in [0.4, 0.5) is 0 Å². The first kappa shape index (κ1) is 48.0. The standard InChI is InChI=1S/C47H76N2O12/c1-11-32(43(54)55)34-17-14-25(4)39(58-34)29(8)37(50)28(7)38(51)33(12-2)40-26(5)24-27(6)46(59-40)21-18-35(49-42(53)41(52)48-31-15-16-31)47(61-46)23-22-44(10,60-47)36-19-20-45(56,13-3)30(9)57-36/h18,21,25-37,39-40,50,56H,11-17,19-20,22-24H2,1-10H3,(H,48,52)(H,49,53)(H,54,55)/t25-,26-,27+,28-,29-,30-,32+,33?,34+,35+,36+,37+,39+,40-,44-,45+,46-,47-/m0/s1. The van der Waals surface area contributed by atoms with Crippen LogP contribution in [0, 0.1) is 41.4 Å². The van der Waals surface area contributed by atoms with Crippen molar-refractivity contribution in [2.45, 2.75) is 218 Å². The molecule has 2 spiro atoms. The quantitative estimate of drug-likeness (QED) is 0.107. The summed E-state index contributed by atoms with van der Waals surface area (Å²) in [5, 5.41) is 38.6. The van der Waals surface area contributed by atoms with Crippen LogP contribution in [0.1, 0.15) is 146 Å². The average Bonchev–Trinajstić information content (AvgIpc) is 3.98. The molecule has 1 unspecified atom stereocenters. The SMILES string of the molecule is CCC(C(=O)[C@@H](C)[C@@H](O)[C@H](C)[C@@H]1O[C@@H]([C@@H](CC)C(=O)O)CC[C@@H]1C)[C@H]1O[C@]2(C=C[C@@H](NC(=O)C(=O)NC3CC3)[C@]3(CC[C@@](C)([C@H]4CC[C@](O)(CC)[C@H](C)O4)O3)O2)[C@H](C)C[C@@H]1C. The van der Waals surface area contributed by atoms with Gasteiger partial charge in [-0.3, -0.25) is 19.2 Å². The van der Waals surface area contributed by atoms with E-state index in [1.165, 1.54) is 0 Å². The number of carboxylic acid groups (broad SMARTS) is 1. The third-order valence-corrected chi connectivity index (χ3v) is 15.9. The van der Waals surface area contributed by atoms with Gasteiger partial charge in [-0.1, -0.05) is 61.5 Å². The minimum absolute atomic E-state index is 0.00240. The topological polar surface area (TPSA) is 199 Å². The first-order valence-corrected chi connectivity index (χ1v) is 23.5. The molecule has 18 atom stereocenters. The first-order chi connectivity index (χ1) is 28.7. The predicted octanol–water partition coefficient (Wildman–Crippen LogP) is 5.59. The van der Waals surface area contributed by atoms with Gasteiger partial charge < -0.3 is 49.6 Å². The molecule has 1 saturated carbocycles. The molecule has 2 amide bonds. The Kier molecular flexibility index (Phi) is 14.6. The Morgan fingerprint density at radius 2 is 1.49 bits per heavy atom. The lowest BCUT2D eigenvalue weighted by Crippen LogP contribution is -2.66. The number of Topliss-reactive ketones (excluding diaryl/α,β-unsaturated/α-hetero) is 1. The van der Waals surface area contributed by atoms with E-state index in [9.17, 15) is 34.5 Å². The molecule has 0 bridgehead atoms. The molecule has 5 fully saturated rings. The van der Waals surface area contributed by atoms with E-state index in [0.717, 1.165) is 19.3 Å². The van der Waals surface area contributed by atoms with E-state index >= 15 is 0 Å². The van der Waals surface area contributed by atoms with E-state index in [-0.39, 0.29) is 35.7 Å². The van der Waals surface area contributed by atoms with Crippen LogP contribution < -0.4 is 10.6 Å². The van der Waals surface area contributed by atoms with E-state index in [4.69, 9.17) is 23.7 Å². The largest absolute Gasteiger partial charge is 0.481 e. The van der Waals surface area contributed by atoms with Crippen molar-refractivity contribution in [1.82, 2.24) is 10.6 Å².